The van der Waals surface area contributed by atoms with Gasteiger partial charge in [-0.05, 0) is 19.1 Å². The molecule has 2 heterocycles. The number of amides is 2. The predicted molar refractivity (Wildman–Crippen MR) is 79.2 cm³/mol. The number of hydrazine groups is 1. The summed E-state index contributed by atoms with van der Waals surface area (Å²) in [5.41, 5.74) is 5.52. The van der Waals surface area contributed by atoms with E-state index in [9.17, 15) is 14.4 Å². The molecule has 2 aliphatic heterocycles. The summed E-state index contributed by atoms with van der Waals surface area (Å²) in [6.45, 7) is 2.20. The van der Waals surface area contributed by atoms with Crippen molar-refractivity contribution in [1.82, 2.24) is 10.9 Å². The van der Waals surface area contributed by atoms with E-state index in [4.69, 9.17) is 4.74 Å². The van der Waals surface area contributed by atoms with Crippen molar-refractivity contribution in [2.75, 3.05) is 18.6 Å². The summed E-state index contributed by atoms with van der Waals surface area (Å²) in [5.74, 6) is -1.35. The molecule has 2 aliphatic rings. The number of rotatable bonds is 4. The number of methoxy groups -OCH3 is 1. The van der Waals surface area contributed by atoms with Gasteiger partial charge in [-0.1, -0.05) is 12.1 Å². The highest BCUT2D eigenvalue weighted by atomic mass is 16.5. The second-order valence-electron chi connectivity index (χ2n) is 4.86. The largest absolute Gasteiger partial charge is 0.492 e. The molecular formula is C15H15N3O5. The van der Waals surface area contributed by atoms with E-state index in [1.807, 2.05) is 6.92 Å². The van der Waals surface area contributed by atoms with Crippen molar-refractivity contribution in [3.8, 4) is 5.75 Å². The summed E-state index contributed by atoms with van der Waals surface area (Å²) < 4.78 is 10.1. The van der Waals surface area contributed by atoms with Crippen molar-refractivity contribution in [3.63, 3.8) is 0 Å². The van der Waals surface area contributed by atoms with E-state index in [-0.39, 0.29) is 11.3 Å². The van der Waals surface area contributed by atoms with Crippen molar-refractivity contribution in [2.24, 2.45) is 0 Å². The fraction of sp³-hybridized carbons (Fsp3) is 0.267. The molecule has 120 valence electrons. The number of anilines is 1. The first kappa shape index (κ1) is 15.0. The standard InChI is InChI=1S/C15H15N3O5/c1-3-23-9-7-5-4-6-8(9)18-13(19)10-11(14(18)20)16-17-12(10)15(21)22-2/h4-7,11,16-17H,3H2,1-2H3. The number of nitrogens with one attached hydrogen (secondary N) is 2. The Balaban J connectivity index is 2.06. The van der Waals surface area contributed by atoms with Gasteiger partial charge >= 0.3 is 5.97 Å². The Morgan fingerprint density at radius 1 is 1.30 bits per heavy atom. The molecule has 1 aromatic rings. The van der Waals surface area contributed by atoms with Gasteiger partial charge in [0, 0.05) is 0 Å². The number of benzene rings is 1. The second-order valence-corrected chi connectivity index (χ2v) is 4.86. The molecule has 8 nitrogen and oxygen atoms in total. The highest BCUT2D eigenvalue weighted by molar-refractivity contribution is 6.33. The SMILES string of the molecule is CCOc1ccccc1N1C(=O)C2=C(C(=O)OC)NNC2C1=O. The Kier molecular flexibility index (Phi) is 3.75. The summed E-state index contributed by atoms with van der Waals surface area (Å²) in [7, 11) is 1.20. The van der Waals surface area contributed by atoms with Crippen molar-refractivity contribution in [3.05, 3.63) is 35.5 Å². The molecular weight excluding hydrogens is 302 g/mol. The molecule has 0 aliphatic carbocycles. The monoisotopic (exact) mass is 317 g/mol. The molecule has 1 unspecified atom stereocenters. The van der Waals surface area contributed by atoms with E-state index in [1.54, 1.807) is 24.3 Å². The second kappa shape index (κ2) is 5.73. The Morgan fingerprint density at radius 3 is 2.74 bits per heavy atom. The van der Waals surface area contributed by atoms with Gasteiger partial charge in [0.25, 0.3) is 11.8 Å². The van der Waals surface area contributed by atoms with Gasteiger partial charge in [0.05, 0.1) is 25.0 Å². The van der Waals surface area contributed by atoms with Crippen LogP contribution in [0.15, 0.2) is 35.5 Å². The van der Waals surface area contributed by atoms with Gasteiger partial charge in [-0.25, -0.2) is 15.1 Å². The summed E-state index contributed by atoms with van der Waals surface area (Å²) in [5, 5.41) is 0. The molecule has 0 bridgehead atoms. The number of fused-ring (bicyclic) bond motifs is 1. The average Bonchev–Trinajstić information content (AvgIpc) is 3.09. The molecule has 0 saturated carbocycles. The van der Waals surface area contributed by atoms with Gasteiger partial charge in [0.2, 0.25) is 0 Å². The fourth-order valence-electron chi connectivity index (χ4n) is 2.60. The first-order valence-corrected chi connectivity index (χ1v) is 7.04. The number of para-hydroxylation sites is 2. The number of hydrogen-bond acceptors (Lipinski definition) is 7. The molecule has 0 aromatic heterocycles. The third-order valence-corrected chi connectivity index (χ3v) is 3.60. The molecule has 2 N–H and O–H groups in total. The Morgan fingerprint density at radius 2 is 2.04 bits per heavy atom. The molecule has 1 saturated heterocycles. The van der Waals surface area contributed by atoms with Crippen LogP contribution in [0.2, 0.25) is 0 Å². The minimum atomic E-state index is -0.925. The van der Waals surface area contributed by atoms with Gasteiger partial charge in [0.1, 0.15) is 17.5 Å². The first-order valence-electron chi connectivity index (χ1n) is 7.04. The van der Waals surface area contributed by atoms with Gasteiger partial charge in [-0.2, -0.15) is 0 Å². The van der Waals surface area contributed by atoms with Crippen LogP contribution < -0.4 is 20.5 Å². The smallest absolute Gasteiger partial charge is 0.356 e. The van der Waals surface area contributed by atoms with Crippen molar-refractivity contribution >= 4 is 23.5 Å². The maximum absolute atomic E-state index is 12.7. The fourth-order valence-corrected chi connectivity index (χ4v) is 2.60. The van der Waals surface area contributed by atoms with Crippen LogP contribution in [0.5, 0.6) is 5.75 Å². The van der Waals surface area contributed by atoms with Crippen molar-refractivity contribution < 1.29 is 23.9 Å². The number of imide groups is 1. The van der Waals surface area contributed by atoms with E-state index in [0.717, 1.165) is 4.90 Å². The molecule has 1 aromatic carbocycles. The number of carbonyl (C=O) groups excluding carboxylic acids is 3. The van der Waals surface area contributed by atoms with Crippen LogP contribution in [0.3, 0.4) is 0 Å². The minimum Gasteiger partial charge on any atom is -0.492 e. The summed E-state index contributed by atoms with van der Waals surface area (Å²) in [6, 6.07) is 5.82. The molecule has 2 amide bonds. The Hall–Kier alpha value is -2.87. The molecule has 23 heavy (non-hydrogen) atoms. The number of nitrogens with zero attached hydrogens (tertiary/aromatic N) is 1. The predicted octanol–water partition coefficient (Wildman–Crippen LogP) is -0.138. The number of carbonyl (C=O) groups is 3. The van der Waals surface area contributed by atoms with E-state index < -0.39 is 23.8 Å². The molecule has 1 atom stereocenters. The zero-order valence-corrected chi connectivity index (χ0v) is 12.6. The lowest BCUT2D eigenvalue weighted by molar-refractivity contribution is -0.137. The van der Waals surface area contributed by atoms with Gasteiger partial charge < -0.3 is 14.9 Å². The van der Waals surface area contributed by atoms with E-state index in [2.05, 4.69) is 15.6 Å². The number of esters is 1. The maximum Gasteiger partial charge on any atom is 0.356 e. The normalized spacial score (nSPS) is 19.7. The molecule has 3 rings (SSSR count). The van der Waals surface area contributed by atoms with Crippen LogP contribution in [-0.4, -0.2) is 37.5 Å². The lowest BCUT2D eigenvalue weighted by atomic mass is 10.1. The summed E-state index contributed by atoms with van der Waals surface area (Å²) in [4.78, 5) is 38.0. The van der Waals surface area contributed by atoms with E-state index in [0.29, 0.717) is 18.0 Å². The molecule has 8 heteroatoms. The highest BCUT2D eigenvalue weighted by Gasteiger charge is 2.51. The Bertz CT molecular complexity index is 728. The highest BCUT2D eigenvalue weighted by Crippen LogP contribution is 2.35. The third-order valence-electron chi connectivity index (χ3n) is 3.60. The summed E-state index contributed by atoms with van der Waals surface area (Å²) >= 11 is 0. The zero-order chi connectivity index (χ0) is 16.6. The molecule has 0 spiro atoms. The quantitative estimate of drug-likeness (QED) is 0.589. The number of hydrogen-bond donors (Lipinski definition) is 2. The third kappa shape index (κ3) is 2.23. The topological polar surface area (TPSA) is 97.0 Å². The maximum atomic E-state index is 12.7. The van der Waals surface area contributed by atoms with Crippen LogP contribution >= 0.6 is 0 Å². The van der Waals surface area contributed by atoms with Gasteiger partial charge in [0.15, 0.2) is 0 Å². The minimum absolute atomic E-state index is 0.0489. The van der Waals surface area contributed by atoms with Gasteiger partial charge in [-0.15, -0.1) is 0 Å². The first-order chi connectivity index (χ1) is 11.1. The zero-order valence-electron chi connectivity index (χ0n) is 12.6. The lowest BCUT2D eigenvalue weighted by Crippen LogP contribution is -2.42. The average molecular weight is 317 g/mol. The Labute approximate surface area is 132 Å². The summed E-state index contributed by atoms with van der Waals surface area (Å²) in [6.07, 6.45) is 0. The van der Waals surface area contributed by atoms with Gasteiger partial charge in [-0.3, -0.25) is 9.59 Å². The molecule has 0 radical (unpaired) electrons. The van der Waals surface area contributed by atoms with E-state index >= 15 is 0 Å². The number of ether oxygens (including phenoxy) is 2. The van der Waals surface area contributed by atoms with E-state index in [1.165, 1.54) is 7.11 Å². The van der Waals surface area contributed by atoms with Crippen LogP contribution in [-0.2, 0) is 19.1 Å². The van der Waals surface area contributed by atoms with Crippen molar-refractivity contribution in [2.45, 2.75) is 13.0 Å². The van der Waals surface area contributed by atoms with Crippen LogP contribution in [0.25, 0.3) is 0 Å². The van der Waals surface area contributed by atoms with Crippen LogP contribution in [0, 0.1) is 0 Å². The van der Waals surface area contributed by atoms with Crippen LogP contribution in [0.4, 0.5) is 5.69 Å². The lowest BCUT2D eigenvalue weighted by Gasteiger charge is -2.19. The van der Waals surface area contributed by atoms with Crippen molar-refractivity contribution in [1.29, 1.82) is 0 Å². The van der Waals surface area contributed by atoms with Crippen LogP contribution in [0.1, 0.15) is 6.92 Å². The molecule has 1 fully saturated rings.